The normalized spacial score (nSPS) is 8.44. The number of nitrogens with one attached hydrogen (secondary N) is 1. The Kier molecular flexibility index (Phi) is 9.70. The molecule has 0 spiro atoms. The number of halogens is 1. The van der Waals surface area contributed by atoms with Gasteiger partial charge in [0.25, 0.3) is 0 Å². The standard InChI is InChI=1S/C9H12N2O2.C2H6N2.ClH/c1-4-13-9(12)8-5-10-7(3)11-6(8)2;1-2(3)4;/h5H,4H2,1-3H3;1H3,(H3,3,4);1H. The Balaban J connectivity index is 0. The fourth-order valence-electron chi connectivity index (χ4n) is 0.992. The average molecular weight is 275 g/mol. The lowest BCUT2D eigenvalue weighted by molar-refractivity contribution is 0.0524. The first kappa shape index (κ1) is 18.7. The lowest BCUT2D eigenvalue weighted by atomic mass is 10.2. The van der Waals surface area contributed by atoms with Crippen LogP contribution in [0.4, 0.5) is 0 Å². The van der Waals surface area contributed by atoms with Gasteiger partial charge in [0, 0.05) is 6.20 Å². The summed E-state index contributed by atoms with van der Waals surface area (Å²) in [5.74, 6) is 0.463. The van der Waals surface area contributed by atoms with E-state index in [2.05, 4.69) is 9.97 Å². The Hall–Kier alpha value is -1.69. The van der Waals surface area contributed by atoms with Crippen molar-refractivity contribution in [2.45, 2.75) is 27.7 Å². The van der Waals surface area contributed by atoms with Gasteiger partial charge >= 0.3 is 5.97 Å². The third kappa shape index (κ3) is 7.56. The zero-order valence-electron chi connectivity index (χ0n) is 11.0. The van der Waals surface area contributed by atoms with Crippen molar-refractivity contribution in [2.24, 2.45) is 5.73 Å². The third-order valence-electron chi connectivity index (χ3n) is 1.60. The molecule has 0 bridgehead atoms. The predicted octanol–water partition coefficient (Wildman–Crippen LogP) is 1.63. The van der Waals surface area contributed by atoms with Crippen LogP contribution < -0.4 is 5.73 Å². The molecule has 0 saturated heterocycles. The number of amidine groups is 1. The maximum Gasteiger partial charge on any atom is 0.341 e. The quantitative estimate of drug-likeness (QED) is 0.485. The van der Waals surface area contributed by atoms with Crippen molar-refractivity contribution in [1.82, 2.24) is 9.97 Å². The molecule has 0 amide bonds. The van der Waals surface area contributed by atoms with E-state index in [-0.39, 0.29) is 24.2 Å². The summed E-state index contributed by atoms with van der Waals surface area (Å²) in [6.45, 7) is 7.21. The molecule has 6 nitrogen and oxygen atoms in total. The molecule has 0 atom stereocenters. The number of aryl methyl sites for hydroxylation is 2. The summed E-state index contributed by atoms with van der Waals surface area (Å²) < 4.78 is 4.83. The average Bonchev–Trinajstić information content (AvgIpc) is 2.16. The van der Waals surface area contributed by atoms with Gasteiger partial charge in [0.2, 0.25) is 0 Å². The Morgan fingerprint density at radius 3 is 2.39 bits per heavy atom. The molecule has 3 N–H and O–H groups in total. The van der Waals surface area contributed by atoms with Gasteiger partial charge in [0.05, 0.1) is 23.7 Å². The van der Waals surface area contributed by atoms with Crippen LogP contribution in [0.5, 0.6) is 0 Å². The highest BCUT2D eigenvalue weighted by Crippen LogP contribution is 2.05. The molecule has 1 heterocycles. The van der Waals surface area contributed by atoms with Gasteiger partial charge < -0.3 is 10.5 Å². The topological polar surface area (TPSA) is 102 Å². The fraction of sp³-hybridized carbons (Fsp3) is 0.455. The highest BCUT2D eigenvalue weighted by atomic mass is 35.5. The summed E-state index contributed by atoms with van der Waals surface area (Å²) in [6, 6.07) is 0. The molecule has 0 radical (unpaired) electrons. The summed E-state index contributed by atoms with van der Waals surface area (Å²) in [4.78, 5) is 19.3. The van der Waals surface area contributed by atoms with E-state index in [1.165, 1.54) is 13.1 Å². The number of carbonyl (C=O) groups is 1. The van der Waals surface area contributed by atoms with Crippen molar-refractivity contribution in [3.63, 3.8) is 0 Å². The molecule has 0 aliphatic carbocycles. The van der Waals surface area contributed by atoms with Gasteiger partial charge in [-0.1, -0.05) is 0 Å². The number of hydrogen-bond acceptors (Lipinski definition) is 5. The van der Waals surface area contributed by atoms with E-state index in [0.29, 0.717) is 23.7 Å². The summed E-state index contributed by atoms with van der Waals surface area (Å²) >= 11 is 0. The van der Waals surface area contributed by atoms with Crippen molar-refractivity contribution < 1.29 is 9.53 Å². The zero-order chi connectivity index (χ0) is 13.4. The largest absolute Gasteiger partial charge is 0.462 e. The van der Waals surface area contributed by atoms with Crippen molar-refractivity contribution >= 4 is 24.2 Å². The third-order valence-corrected chi connectivity index (χ3v) is 1.60. The van der Waals surface area contributed by atoms with Crippen LogP contribution in [-0.4, -0.2) is 28.4 Å². The molecule has 0 saturated carbocycles. The van der Waals surface area contributed by atoms with E-state index >= 15 is 0 Å². The highest BCUT2D eigenvalue weighted by molar-refractivity contribution is 5.90. The van der Waals surface area contributed by atoms with Crippen molar-refractivity contribution in [2.75, 3.05) is 6.61 Å². The minimum Gasteiger partial charge on any atom is -0.462 e. The van der Waals surface area contributed by atoms with Crippen LogP contribution in [0.2, 0.25) is 0 Å². The second-order valence-corrected chi connectivity index (χ2v) is 3.32. The van der Waals surface area contributed by atoms with Crippen molar-refractivity contribution in [3.05, 3.63) is 23.3 Å². The number of aromatic nitrogens is 2. The first-order chi connectivity index (χ1) is 7.88. The van der Waals surface area contributed by atoms with E-state index < -0.39 is 0 Å². The lowest BCUT2D eigenvalue weighted by Crippen LogP contribution is -2.09. The molecular weight excluding hydrogens is 256 g/mol. The fourth-order valence-corrected chi connectivity index (χ4v) is 0.992. The molecule has 0 fully saturated rings. The van der Waals surface area contributed by atoms with E-state index in [1.54, 1.807) is 20.8 Å². The summed E-state index contributed by atoms with van der Waals surface area (Å²) in [5.41, 5.74) is 5.79. The van der Waals surface area contributed by atoms with Crippen LogP contribution in [0.3, 0.4) is 0 Å². The molecule has 102 valence electrons. The van der Waals surface area contributed by atoms with Gasteiger partial charge in [-0.15, -0.1) is 12.4 Å². The van der Waals surface area contributed by atoms with Gasteiger partial charge in [-0.2, -0.15) is 0 Å². The molecule has 1 aromatic heterocycles. The van der Waals surface area contributed by atoms with Crippen LogP contribution in [-0.2, 0) is 4.74 Å². The summed E-state index contributed by atoms with van der Waals surface area (Å²) in [5, 5.41) is 6.28. The molecule has 0 aliphatic rings. The predicted molar refractivity (Wildman–Crippen MR) is 72.3 cm³/mol. The number of nitrogens with two attached hydrogens (primary N) is 1. The number of esters is 1. The summed E-state index contributed by atoms with van der Waals surface area (Å²) in [6.07, 6.45) is 1.50. The molecule has 18 heavy (non-hydrogen) atoms. The van der Waals surface area contributed by atoms with Gasteiger partial charge in [0.1, 0.15) is 5.82 Å². The Morgan fingerprint density at radius 2 is 2.00 bits per heavy atom. The van der Waals surface area contributed by atoms with E-state index in [9.17, 15) is 4.79 Å². The van der Waals surface area contributed by atoms with E-state index in [4.69, 9.17) is 15.9 Å². The number of nitrogens with zero attached hydrogens (tertiary/aromatic N) is 2. The number of carbonyl (C=O) groups excluding carboxylic acids is 1. The first-order valence-electron chi connectivity index (χ1n) is 5.16. The number of rotatable bonds is 2. The molecule has 0 unspecified atom stereocenters. The van der Waals surface area contributed by atoms with Crippen LogP contribution >= 0.6 is 12.4 Å². The van der Waals surface area contributed by atoms with E-state index in [0.717, 1.165) is 0 Å². The Labute approximate surface area is 113 Å². The van der Waals surface area contributed by atoms with Crippen molar-refractivity contribution in [1.29, 1.82) is 5.41 Å². The van der Waals surface area contributed by atoms with Gasteiger partial charge in [-0.05, 0) is 27.7 Å². The molecule has 7 heteroatoms. The van der Waals surface area contributed by atoms with Crippen molar-refractivity contribution in [3.8, 4) is 0 Å². The second kappa shape index (κ2) is 9.35. The second-order valence-electron chi connectivity index (χ2n) is 3.32. The monoisotopic (exact) mass is 274 g/mol. The van der Waals surface area contributed by atoms with Gasteiger partial charge in [0.15, 0.2) is 0 Å². The molecule has 0 aliphatic heterocycles. The van der Waals surface area contributed by atoms with Crippen LogP contribution in [0.25, 0.3) is 0 Å². The Morgan fingerprint density at radius 1 is 1.50 bits per heavy atom. The van der Waals surface area contributed by atoms with E-state index in [1.807, 2.05) is 0 Å². The minimum absolute atomic E-state index is 0. The summed E-state index contributed by atoms with van der Waals surface area (Å²) in [7, 11) is 0. The zero-order valence-corrected chi connectivity index (χ0v) is 11.8. The maximum atomic E-state index is 11.3. The van der Waals surface area contributed by atoms with Gasteiger partial charge in [-0.25, -0.2) is 14.8 Å². The smallest absolute Gasteiger partial charge is 0.341 e. The minimum atomic E-state index is -0.361. The van der Waals surface area contributed by atoms with Gasteiger partial charge in [-0.3, -0.25) is 5.41 Å². The van der Waals surface area contributed by atoms with Crippen LogP contribution in [0.15, 0.2) is 6.20 Å². The lowest BCUT2D eigenvalue weighted by Gasteiger charge is -2.03. The maximum absolute atomic E-state index is 11.3. The van der Waals surface area contributed by atoms with Crippen LogP contribution in [0.1, 0.15) is 35.7 Å². The molecule has 1 rings (SSSR count). The number of ether oxygens (including phenoxy) is 1. The Bertz CT molecular complexity index is 406. The highest BCUT2D eigenvalue weighted by Gasteiger charge is 2.10. The molecular formula is C11H19ClN4O2. The van der Waals surface area contributed by atoms with Crippen LogP contribution in [0, 0.1) is 19.3 Å². The SMILES string of the molecule is CC(=N)N.CCOC(=O)c1cnc(C)nc1C.Cl. The first-order valence-corrected chi connectivity index (χ1v) is 5.16. The molecule has 1 aromatic rings. The molecule has 0 aromatic carbocycles. The number of hydrogen-bond donors (Lipinski definition) is 2.